The second-order valence-corrected chi connectivity index (χ2v) is 12.3. The van der Waals surface area contributed by atoms with Gasteiger partial charge in [-0.2, -0.15) is 0 Å². The van der Waals surface area contributed by atoms with Gasteiger partial charge < -0.3 is 14.0 Å². The molecule has 2 aromatic heterocycles. The van der Waals surface area contributed by atoms with E-state index >= 15 is 0 Å². The van der Waals surface area contributed by atoms with Crippen LogP contribution in [0.15, 0.2) is 87.8 Å². The Morgan fingerprint density at radius 3 is 2.61 bits per heavy atom. The van der Waals surface area contributed by atoms with E-state index in [0.717, 1.165) is 33.3 Å². The summed E-state index contributed by atoms with van der Waals surface area (Å²) in [4.78, 5) is 32.7. The summed E-state index contributed by atoms with van der Waals surface area (Å²) in [7, 11) is 1.58. The number of rotatable bonds is 7. The zero-order valence-electron chi connectivity index (χ0n) is 24.6. The lowest BCUT2D eigenvalue weighted by Crippen LogP contribution is -2.39. The molecule has 6 rings (SSSR count). The van der Waals surface area contributed by atoms with Crippen LogP contribution in [-0.4, -0.2) is 28.8 Å². The van der Waals surface area contributed by atoms with Gasteiger partial charge in [-0.25, -0.2) is 9.79 Å². The fourth-order valence-corrected chi connectivity index (χ4v) is 7.21. The van der Waals surface area contributed by atoms with Gasteiger partial charge in [0.25, 0.3) is 5.56 Å². The number of hydrogen-bond donors (Lipinski definition) is 0. The molecule has 7 nitrogen and oxygen atoms in total. The summed E-state index contributed by atoms with van der Waals surface area (Å²) in [5.41, 5.74) is 5.18. The molecule has 44 heavy (non-hydrogen) atoms. The van der Waals surface area contributed by atoms with Crippen LogP contribution in [0.1, 0.15) is 42.3 Å². The van der Waals surface area contributed by atoms with E-state index in [1.165, 1.54) is 11.3 Å². The average molecular weight is 647 g/mol. The van der Waals surface area contributed by atoms with Crippen molar-refractivity contribution in [2.24, 2.45) is 4.99 Å². The number of aromatic nitrogens is 2. The van der Waals surface area contributed by atoms with Gasteiger partial charge in [0.05, 0.1) is 35.6 Å². The smallest absolute Gasteiger partial charge is 0.338 e. The first-order valence-corrected chi connectivity index (χ1v) is 15.6. The summed E-state index contributed by atoms with van der Waals surface area (Å²) >= 11 is 14.0. The van der Waals surface area contributed by atoms with Crippen LogP contribution in [0, 0.1) is 6.92 Å². The second kappa shape index (κ2) is 12.1. The number of methoxy groups -OCH3 is 1. The highest BCUT2D eigenvalue weighted by Gasteiger charge is 2.33. The molecule has 1 aliphatic rings. The number of para-hydroxylation sites is 1. The number of nitrogens with zero attached hydrogens (tertiary/aromatic N) is 3. The predicted octanol–water partition coefficient (Wildman–Crippen LogP) is 6.43. The lowest BCUT2D eigenvalue weighted by molar-refractivity contribution is -0.139. The standard InChI is InChI=1S/C34H29Cl2N3O4S/c1-5-43-33(41)30-19(2)37-34-39(31(30)21-9-8-10-24(15-21)42-4)32(40)29(44-34)17-26-20(3)38(28-12-7-6-11-25(26)28)18-22-13-14-23(35)16-27(22)36/h6-17,31H,5,18H2,1-4H3/b29-17-/t31-/m0/s1. The second-order valence-electron chi connectivity index (χ2n) is 10.4. The lowest BCUT2D eigenvalue weighted by Gasteiger charge is -2.25. The van der Waals surface area contributed by atoms with Crippen LogP contribution in [0.5, 0.6) is 5.75 Å². The monoisotopic (exact) mass is 645 g/mol. The molecule has 0 spiro atoms. The van der Waals surface area contributed by atoms with Gasteiger partial charge >= 0.3 is 5.97 Å². The molecule has 224 valence electrons. The number of esters is 1. The summed E-state index contributed by atoms with van der Waals surface area (Å²) in [5.74, 6) is 0.113. The third-order valence-corrected chi connectivity index (χ3v) is 9.40. The van der Waals surface area contributed by atoms with Crippen molar-refractivity contribution in [1.29, 1.82) is 0 Å². The van der Waals surface area contributed by atoms with Gasteiger partial charge in [0.2, 0.25) is 0 Å². The first-order chi connectivity index (χ1) is 21.2. The number of halogens is 2. The van der Waals surface area contributed by atoms with E-state index in [9.17, 15) is 9.59 Å². The molecule has 0 unspecified atom stereocenters. The molecule has 3 aromatic carbocycles. The van der Waals surface area contributed by atoms with Crippen molar-refractivity contribution < 1.29 is 14.3 Å². The summed E-state index contributed by atoms with van der Waals surface area (Å²) in [6, 6.07) is 20.2. The van der Waals surface area contributed by atoms with Crippen molar-refractivity contribution in [2.45, 2.75) is 33.4 Å². The molecule has 5 aromatic rings. The Bertz CT molecular complexity index is 2160. The lowest BCUT2D eigenvalue weighted by atomic mass is 9.95. The van der Waals surface area contributed by atoms with E-state index in [1.54, 1.807) is 31.6 Å². The molecule has 0 saturated carbocycles. The van der Waals surface area contributed by atoms with E-state index < -0.39 is 12.0 Å². The zero-order chi connectivity index (χ0) is 31.1. The molecule has 0 radical (unpaired) electrons. The van der Waals surface area contributed by atoms with E-state index in [0.29, 0.717) is 42.9 Å². The van der Waals surface area contributed by atoms with E-state index in [4.69, 9.17) is 37.7 Å². The maximum atomic E-state index is 14.3. The molecule has 0 amide bonds. The summed E-state index contributed by atoms with van der Waals surface area (Å²) in [6.07, 6.45) is 1.92. The van der Waals surface area contributed by atoms with Gasteiger partial charge in [0.15, 0.2) is 4.80 Å². The van der Waals surface area contributed by atoms with Gasteiger partial charge in [-0.1, -0.05) is 70.9 Å². The minimum atomic E-state index is -0.725. The summed E-state index contributed by atoms with van der Waals surface area (Å²) in [6.45, 7) is 6.30. The zero-order valence-corrected chi connectivity index (χ0v) is 26.9. The minimum Gasteiger partial charge on any atom is -0.497 e. The van der Waals surface area contributed by atoms with E-state index in [1.807, 2.05) is 67.6 Å². The molecule has 0 saturated heterocycles. The maximum Gasteiger partial charge on any atom is 0.338 e. The quantitative estimate of drug-likeness (QED) is 0.191. The molecule has 1 aliphatic heterocycles. The van der Waals surface area contributed by atoms with Gasteiger partial charge in [-0.3, -0.25) is 9.36 Å². The van der Waals surface area contributed by atoms with Crippen LogP contribution in [0.2, 0.25) is 10.0 Å². The predicted molar refractivity (Wildman–Crippen MR) is 176 cm³/mol. The van der Waals surface area contributed by atoms with Crippen molar-refractivity contribution in [3.63, 3.8) is 0 Å². The number of hydrogen-bond acceptors (Lipinski definition) is 6. The van der Waals surface area contributed by atoms with Crippen LogP contribution >= 0.6 is 34.5 Å². The van der Waals surface area contributed by atoms with Crippen LogP contribution < -0.4 is 19.6 Å². The van der Waals surface area contributed by atoms with Crippen molar-refractivity contribution in [3.8, 4) is 5.75 Å². The minimum absolute atomic E-state index is 0.204. The molecule has 0 N–H and O–H groups in total. The molecule has 10 heteroatoms. The van der Waals surface area contributed by atoms with Crippen molar-refractivity contribution in [2.75, 3.05) is 13.7 Å². The number of allylic oxidation sites excluding steroid dienone is 1. The van der Waals surface area contributed by atoms with Gasteiger partial charge in [-0.15, -0.1) is 0 Å². The Kier molecular flexibility index (Phi) is 8.24. The molecular formula is C34H29Cl2N3O4S. The van der Waals surface area contributed by atoms with Crippen LogP contribution in [-0.2, 0) is 16.1 Å². The van der Waals surface area contributed by atoms with Crippen LogP contribution in [0.25, 0.3) is 17.0 Å². The highest BCUT2D eigenvalue weighted by molar-refractivity contribution is 7.07. The number of ether oxygens (including phenoxy) is 2. The number of fused-ring (bicyclic) bond motifs is 2. The molecule has 1 atom stereocenters. The van der Waals surface area contributed by atoms with Crippen LogP contribution in [0.4, 0.5) is 0 Å². The first-order valence-electron chi connectivity index (χ1n) is 14.1. The van der Waals surface area contributed by atoms with Crippen molar-refractivity contribution >= 4 is 57.5 Å². The maximum absolute atomic E-state index is 14.3. The van der Waals surface area contributed by atoms with Gasteiger partial charge in [0.1, 0.15) is 5.75 Å². The third-order valence-electron chi connectivity index (χ3n) is 7.83. The first kappa shape index (κ1) is 29.9. The Labute approximate surface area is 267 Å². The Morgan fingerprint density at radius 2 is 1.86 bits per heavy atom. The fraction of sp³-hybridized carbons (Fsp3) is 0.206. The fourth-order valence-electron chi connectivity index (χ4n) is 5.71. The third kappa shape index (κ3) is 5.27. The Hall–Kier alpha value is -4.11. The number of benzene rings is 3. The average Bonchev–Trinajstić information content (AvgIpc) is 3.46. The van der Waals surface area contributed by atoms with Crippen LogP contribution in [0.3, 0.4) is 0 Å². The van der Waals surface area contributed by atoms with Crippen molar-refractivity contribution in [3.05, 3.63) is 130 Å². The van der Waals surface area contributed by atoms with Crippen molar-refractivity contribution in [1.82, 2.24) is 9.13 Å². The van der Waals surface area contributed by atoms with E-state index in [-0.39, 0.29) is 12.2 Å². The largest absolute Gasteiger partial charge is 0.497 e. The Morgan fingerprint density at radius 1 is 1.07 bits per heavy atom. The summed E-state index contributed by atoms with van der Waals surface area (Å²) < 4.78 is 15.2. The normalized spacial score (nSPS) is 15.0. The van der Waals surface area contributed by atoms with Gasteiger partial charge in [0, 0.05) is 38.8 Å². The molecule has 3 heterocycles. The number of carbonyl (C=O) groups excluding carboxylic acids is 1. The summed E-state index contributed by atoms with van der Waals surface area (Å²) in [5, 5.41) is 2.18. The number of carbonyl (C=O) groups is 1. The topological polar surface area (TPSA) is 74.8 Å². The van der Waals surface area contributed by atoms with Gasteiger partial charge in [-0.05, 0) is 68.3 Å². The molecule has 0 bridgehead atoms. The molecule has 0 fully saturated rings. The number of thiazole rings is 1. The highest BCUT2D eigenvalue weighted by Crippen LogP contribution is 2.33. The Balaban J connectivity index is 1.55. The molecular weight excluding hydrogens is 617 g/mol. The SMILES string of the molecule is CCOC(=O)C1=C(C)N=c2s/c(=C\c3c(C)n(Cc4ccc(Cl)cc4Cl)c4ccccc34)c(=O)n2[C@H]1c1cccc(OC)c1. The highest BCUT2D eigenvalue weighted by atomic mass is 35.5. The molecule has 0 aliphatic carbocycles. The van der Waals surface area contributed by atoms with E-state index in [2.05, 4.69) is 10.6 Å².